The van der Waals surface area contributed by atoms with Gasteiger partial charge in [-0.05, 0) is 40.9 Å². The third-order valence-corrected chi connectivity index (χ3v) is 7.50. The van der Waals surface area contributed by atoms with E-state index in [2.05, 4.69) is 4.98 Å². The number of nitrogens with zero attached hydrogens (tertiary/aromatic N) is 5. The number of nitrogens with one attached hydrogen (secondary N) is 1. The molecule has 0 spiro atoms. The zero-order valence-corrected chi connectivity index (χ0v) is 22.3. The second kappa shape index (κ2) is 9.02. The minimum atomic E-state index is -1.21. The van der Waals surface area contributed by atoms with Crippen molar-refractivity contribution in [1.82, 2.24) is 28.5 Å². The van der Waals surface area contributed by atoms with Gasteiger partial charge >= 0.3 is 5.69 Å². The van der Waals surface area contributed by atoms with Crippen molar-refractivity contribution in [3.05, 3.63) is 68.1 Å². The number of H-pyrrole nitrogens is 1. The van der Waals surface area contributed by atoms with Crippen molar-refractivity contribution in [2.45, 2.75) is 31.8 Å². The highest BCUT2D eigenvalue weighted by Gasteiger charge is 2.26. The molecule has 0 radical (unpaired) electrons. The lowest BCUT2D eigenvalue weighted by Crippen LogP contribution is -2.38. The molecule has 5 aromatic rings. The molecular formula is C25H27ClN6O3S. The van der Waals surface area contributed by atoms with E-state index in [1.54, 1.807) is 21.7 Å². The Hall–Kier alpha value is -3.21. The van der Waals surface area contributed by atoms with Gasteiger partial charge in [-0.1, -0.05) is 25.4 Å². The summed E-state index contributed by atoms with van der Waals surface area (Å²) in [5.41, 5.74) is 2.64. The molecule has 4 aromatic heterocycles. The maximum atomic E-state index is 13.5. The Bertz CT molecular complexity index is 1740. The molecule has 1 aromatic carbocycles. The lowest BCUT2D eigenvalue weighted by molar-refractivity contribution is 0.498. The number of aryl methyl sites for hydroxylation is 1. The molecule has 11 heteroatoms. The summed E-state index contributed by atoms with van der Waals surface area (Å²) >= 11 is 5.06. The third-order valence-electron chi connectivity index (χ3n) is 6.38. The minimum Gasteiger partial charge on any atom is -0.612 e. The molecule has 1 N–H and O–H groups in total. The Morgan fingerprint density at radius 1 is 1.19 bits per heavy atom. The second-order valence-corrected chi connectivity index (χ2v) is 11.3. The molecule has 1 unspecified atom stereocenters. The van der Waals surface area contributed by atoms with E-state index in [0.29, 0.717) is 45.4 Å². The topological polar surface area (TPSA) is 106 Å². The van der Waals surface area contributed by atoms with Gasteiger partial charge in [-0.15, -0.1) is 0 Å². The van der Waals surface area contributed by atoms with Crippen LogP contribution in [0.1, 0.15) is 19.4 Å². The van der Waals surface area contributed by atoms with E-state index in [0.717, 1.165) is 21.0 Å². The molecule has 0 saturated carbocycles. The molecule has 0 saturated heterocycles. The van der Waals surface area contributed by atoms with E-state index in [4.69, 9.17) is 16.7 Å². The number of halogens is 1. The number of hydrogen-bond donors (Lipinski definition) is 1. The summed E-state index contributed by atoms with van der Waals surface area (Å²) in [5.74, 6) is 0.164. The maximum Gasteiger partial charge on any atom is 0.332 e. The summed E-state index contributed by atoms with van der Waals surface area (Å²) in [5, 5.41) is 6.75. The first-order valence-corrected chi connectivity index (χ1v) is 13.5. The first kappa shape index (κ1) is 24.5. The molecule has 1 atom stereocenters. The normalized spacial score (nSPS) is 12.9. The molecule has 36 heavy (non-hydrogen) atoms. The highest BCUT2D eigenvalue weighted by atomic mass is 35.5. The van der Waals surface area contributed by atoms with Crippen LogP contribution in [0.5, 0.6) is 0 Å². The van der Waals surface area contributed by atoms with Gasteiger partial charge in [0, 0.05) is 48.8 Å². The monoisotopic (exact) mass is 526 g/mol. The average Bonchev–Trinajstić information content (AvgIpc) is 3.50. The first-order chi connectivity index (χ1) is 17.1. The van der Waals surface area contributed by atoms with Crippen molar-refractivity contribution in [3.8, 4) is 11.4 Å². The molecule has 5 rings (SSSR count). The zero-order valence-electron chi connectivity index (χ0n) is 20.7. The fraction of sp³-hybridized carbons (Fsp3) is 0.320. The van der Waals surface area contributed by atoms with Gasteiger partial charge in [0.05, 0.1) is 18.4 Å². The Morgan fingerprint density at radius 2 is 1.94 bits per heavy atom. The van der Waals surface area contributed by atoms with E-state index in [9.17, 15) is 14.1 Å². The van der Waals surface area contributed by atoms with E-state index >= 15 is 0 Å². The highest BCUT2D eigenvalue weighted by Crippen LogP contribution is 2.31. The van der Waals surface area contributed by atoms with Crippen molar-refractivity contribution in [2.75, 3.05) is 6.26 Å². The summed E-state index contributed by atoms with van der Waals surface area (Å²) in [6.07, 6.45) is 5.30. The SMILES string of the molecule is CC(C)Cn1c(=O)n(C)c(=O)c2c(-c3cc([S+](C)[O-])cn3C)n(Cc3c[nH]c4ccc(Cl)cc34)nc21. The molecule has 0 fully saturated rings. The van der Waals surface area contributed by atoms with Crippen LogP contribution in [0.4, 0.5) is 0 Å². The lowest BCUT2D eigenvalue weighted by atomic mass is 10.1. The van der Waals surface area contributed by atoms with Gasteiger partial charge in [0.2, 0.25) is 0 Å². The highest BCUT2D eigenvalue weighted by molar-refractivity contribution is 7.90. The number of fused-ring (bicyclic) bond motifs is 2. The largest absolute Gasteiger partial charge is 0.612 e. The van der Waals surface area contributed by atoms with Gasteiger partial charge in [0.25, 0.3) is 5.56 Å². The summed E-state index contributed by atoms with van der Waals surface area (Å²) in [6, 6.07) is 7.44. The van der Waals surface area contributed by atoms with E-state index in [-0.39, 0.29) is 5.92 Å². The number of aromatic nitrogens is 6. The van der Waals surface area contributed by atoms with Gasteiger partial charge in [-0.2, -0.15) is 5.10 Å². The molecule has 0 amide bonds. The third kappa shape index (κ3) is 3.99. The van der Waals surface area contributed by atoms with E-state index in [1.165, 1.54) is 7.05 Å². The summed E-state index contributed by atoms with van der Waals surface area (Å²) in [6.45, 7) is 4.77. The Kier molecular flexibility index (Phi) is 6.14. The molecule has 188 valence electrons. The Balaban J connectivity index is 1.85. The number of aromatic amines is 1. The summed E-state index contributed by atoms with van der Waals surface area (Å²) in [4.78, 5) is 30.5. The molecular weight excluding hydrogens is 500 g/mol. The Labute approximate surface area is 215 Å². The maximum absolute atomic E-state index is 13.5. The van der Waals surface area contributed by atoms with Crippen LogP contribution in [-0.4, -0.2) is 39.3 Å². The van der Waals surface area contributed by atoms with Gasteiger partial charge in [0.15, 0.2) is 10.5 Å². The quantitative estimate of drug-likeness (QED) is 0.342. The van der Waals surface area contributed by atoms with Gasteiger partial charge < -0.3 is 14.1 Å². The average molecular weight is 527 g/mol. The van der Waals surface area contributed by atoms with Crippen molar-refractivity contribution >= 4 is 44.7 Å². The fourth-order valence-corrected chi connectivity index (χ4v) is 5.39. The number of hydrogen-bond acceptors (Lipinski definition) is 4. The predicted molar refractivity (Wildman–Crippen MR) is 143 cm³/mol. The first-order valence-electron chi connectivity index (χ1n) is 11.5. The van der Waals surface area contributed by atoms with Crippen molar-refractivity contribution in [1.29, 1.82) is 0 Å². The summed E-state index contributed by atoms with van der Waals surface area (Å²) in [7, 11) is 3.33. The molecule has 0 bridgehead atoms. The van der Waals surface area contributed by atoms with Crippen LogP contribution in [-0.2, 0) is 38.4 Å². The van der Waals surface area contributed by atoms with Crippen molar-refractivity contribution in [2.24, 2.45) is 20.0 Å². The van der Waals surface area contributed by atoms with Crippen molar-refractivity contribution in [3.63, 3.8) is 0 Å². The Morgan fingerprint density at radius 3 is 2.61 bits per heavy atom. The number of benzene rings is 1. The zero-order chi connectivity index (χ0) is 25.9. The standard InChI is InChI=1S/C25H27ClN6O3S/c1-14(2)11-31-23-21(24(33)30(4)25(31)34)22(20-9-17(36(5)35)13-29(20)3)32(28-23)12-15-10-27-19-7-6-16(26)8-18(15)19/h6-10,13-14,27H,11-12H2,1-5H3. The van der Waals surface area contributed by atoms with Gasteiger partial charge in [-0.25, -0.2) is 4.79 Å². The molecule has 0 aliphatic heterocycles. The summed E-state index contributed by atoms with van der Waals surface area (Å²) < 4.78 is 18.5. The van der Waals surface area contributed by atoms with Crippen LogP contribution >= 0.6 is 11.6 Å². The van der Waals surface area contributed by atoms with Crippen molar-refractivity contribution < 1.29 is 4.55 Å². The molecule has 9 nitrogen and oxygen atoms in total. The van der Waals surface area contributed by atoms with Gasteiger partial charge in [-0.3, -0.25) is 18.6 Å². The molecule has 4 heterocycles. The van der Waals surface area contributed by atoms with E-state index in [1.807, 2.05) is 55.9 Å². The second-order valence-electron chi connectivity index (χ2n) is 9.49. The predicted octanol–water partition coefficient (Wildman–Crippen LogP) is 3.48. The fourth-order valence-electron chi connectivity index (χ4n) is 4.64. The molecule has 0 aliphatic carbocycles. The van der Waals surface area contributed by atoms with E-state index < -0.39 is 22.4 Å². The van der Waals surface area contributed by atoms with Crippen LogP contribution < -0.4 is 11.2 Å². The van der Waals surface area contributed by atoms with Crippen LogP contribution in [0.2, 0.25) is 5.02 Å². The minimum absolute atomic E-state index is 0.164. The van der Waals surface area contributed by atoms with Gasteiger partial charge in [0.1, 0.15) is 17.3 Å². The van der Waals surface area contributed by atoms with Crippen LogP contribution in [0.25, 0.3) is 33.3 Å². The smallest absolute Gasteiger partial charge is 0.332 e. The van der Waals surface area contributed by atoms with Crippen LogP contribution in [0.3, 0.4) is 0 Å². The molecule has 0 aliphatic rings. The van der Waals surface area contributed by atoms with Crippen LogP contribution in [0.15, 0.2) is 51.1 Å². The van der Waals surface area contributed by atoms with Crippen LogP contribution in [0, 0.1) is 5.92 Å². The number of rotatable bonds is 6. The lowest BCUT2D eigenvalue weighted by Gasteiger charge is -2.11.